The Bertz CT molecular complexity index is 1290. The highest BCUT2D eigenvalue weighted by molar-refractivity contribution is 5.77. The molecule has 0 unspecified atom stereocenters. The molecule has 2 aromatic carbocycles. The van der Waals surface area contributed by atoms with Gasteiger partial charge < -0.3 is 9.88 Å². The van der Waals surface area contributed by atoms with Crippen molar-refractivity contribution in [3.63, 3.8) is 0 Å². The van der Waals surface area contributed by atoms with E-state index >= 15 is 0 Å². The molecule has 0 saturated carbocycles. The summed E-state index contributed by atoms with van der Waals surface area (Å²) in [5, 5.41) is 0. The number of nitrogens with one attached hydrogen (secondary N) is 1. The Labute approximate surface area is 185 Å². The molecule has 7 heteroatoms. The second-order valence-electron chi connectivity index (χ2n) is 8.18. The Kier molecular flexibility index (Phi) is 5.54. The molecule has 5 rings (SSSR count). The summed E-state index contributed by atoms with van der Waals surface area (Å²) in [5.74, 6) is 1.15. The Morgan fingerprint density at radius 1 is 1.00 bits per heavy atom. The molecule has 0 radical (unpaired) electrons. The van der Waals surface area contributed by atoms with Gasteiger partial charge >= 0.3 is 5.69 Å². The summed E-state index contributed by atoms with van der Waals surface area (Å²) in [4.78, 5) is 39.0. The number of aromatic amines is 1. The van der Waals surface area contributed by atoms with Crippen LogP contribution in [0, 0.1) is 0 Å². The van der Waals surface area contributed by atoms with Crippen LogP contribution >= 0.6 is 0 Å². The van der Waals surface area contributed by atoms with E-state index in [-0.39, 0.29) is 11.6 Å². The van der Waals surface area contributed by atoms with Crippen molar-refractivity contribution in [3.05, 3.63) is 83.0 Å². The minimum absolute atomic E-state index is 0.0910. The number of benzene rings is 2. The van der Waals surface area contributed by atoms with Crippen molar-refractivity contribution < 1.29 is 4.79 Å². The molecule has 32 heavy (non-hydrogen) atoms. The van der Waals surface area contributed by atoms with Gasteiger partial charge in [0.15, 0.2) is 5.82 Å². The number of carbonyl (C=O) groups is 1. The van der Waals surface area contributed by atoms with E-state index < -0.39 is 0 Å². The number of likely N-dealkylation sites (tertiary alicyclic amines) is 1. The lowest BCUT2D eigenvalue weighted by Crippen LogP contribution is -2.38. The lowest BCUT2D eigenvalue weighted by atomic mass is 9.93. The molecule has 2 aromatic heterocycles. The standard InChI is InChI=1S/C25H25N5O2/c31-23(13-17-30-22-9-5-4-8-21(22)28-25(30)32)29-15-11-18(12-16-29)20-10-14-26-24(27-20)19-6-2-1-3-7-19/h1-10,14,18H,11-13,15-17H2,(H,28,32). The molecule has 1 fully saturated rings. The van der Waals surface area contributed by atoms with Gasteiger partial charge in [-0.1, -0.05) is 42.5 Å². The van der Waals surface area contributed by atoms with Crippen molar-refractivity contribution >= 4 is 16.9 Å². The summed E-state index contributed by atoms with van der Waals surface area (Å²) < 4.78 is 1.64. The number of piperidine rings is 1. The summed E-state index contributed by atoms with van der Waals surface area (Å²) >= 11 is 0. The maximum Gasteiger partial charge on any atom is 0.326 e. The number of hydrogen-bond donors (Lipinski definition) is 1. The maximum absolute atomic E-state index is 12.8. The predicted molar refractivity (Wildman–Crippen MR) is 123 cm³/mol. The zero-order valence-corrected chi connectivity index (χ0v) is 17.8. The summed E-state index contributed by atoms with van der Waals surface area (Å²) in [6.07, 6.45) is 3.90. The molecular weight excluding hydrogens is 402 g/mol. The Morgan fingerprint density at radius 2 is 1.75 bits per heavy atom. The molecule has 1 N–H and O–H groups in total. The Balaban J connectivity index is 1.20. The van der Waals surface area contributed by atoms with E-state index in [0.717, 1.165) is 41.0 Å². The fourth-order valence-electron chi connectivity index (χ4n) is 4.45. The smallest absolute Gasteiger partial charge is 0.326 e. The Morgan fingerprint density at radius 3 is 2.56 bits per heavy atom. The van der Waals surface area contributed by atoms with Gasteiger partial charge in [-0.2, -0.15) is 0 Å². The molecular formula is C25H25N5O2. The number of carbonyl (C=O) groups excluding carboxylic acids is 1. The molecule has 3 heterocycles. The van der Waals surface area contributed by atoms with Crippen molar-refractivity contribution in [2.75, 3.05) is 13.1 Å². The summed E-state index contributed by atoms with van der Waals surface area (Å²) in [7, 11) is 0. The largest absolute Gasteiger partial charge is 0.343 e. The lowest BCUT2D eigenvalue weighted by Gasteiger charge is -2.32. The van der Waals surface area contributed by atoms with Crippen LogP contribution in [0.15, 0.2) is 71.7 Å². The van der Waals surface area contributed by atoms with Gasteiger partial charge in [0.05, 0.1) is 11.0 Å². The average Bonchev–Trinajstić information content (AvgIpc) is 3.18. The minimum atomic E-state index is -0.171. The number of nitrogens with zero attached hydrogens (tertiary/aromatic N) is 4. The van der Waals surface area contributed by atoms with Gasteiger partial charge in [-0.15, -0.1) is 0 Å². The van der Waals surface area contributed by atoms with Crippen molar-refractivity contribution in [2.45, 2.75) is 31.7 Å². The first-order valence-corrected chi connectivity index (χ1v) is 11.0. The number of para-hydroxylation sites is 2. The molecule has 0 aliphatic carbocycles. The third kappa shape index (κ3) is 4.06. The van der Waals surface area contributed by atoms with Crippen LogP contribution in [0.25, 0.3) is 22.4 Å². The highest BCUT2D eigenvalue weighted by atomic mass is 16.2. The molecule has 1 aliphatic rings. The lowest BCUT2D eigenvalue weighted by molar-refractivity contribution is -0.132. The molecule has 4 aromatic rings. The van der Waals surface area contributed by atoms with Crippen LogP contribution in [-0.2, 0) is 11.3 Å². The van der Waals surface area contributed by atoms with Crippen molar-refractivity contribution in [1.29, 1.82) is 0 Å². The minimum Gasteiger partial charge on any atom is -0.343 e. The molecule has 1 amide bonds. The van der Waals surface area contributed by atoms with E-state index in [2.05, 4.69) is 9.97 Å². The van der Waals surface area contributed by atoms with Gasteiger partial charge in [0.2, 0.25) is 5.91 Å². The van der Waals surface area contributed by atoms with Gasteiger partial charge in [0.25, 0.3) is 0 Å². The second kappa shape index (κ2) is 8.78. The van der Waals surface area contributed by atoms with Crippen LogP contribution in [0.1, 0.15) is 30.9 Å². The molecule has 162 valence electrons. The third-order valence-electron chi connectivity index (χ3n) is 6.21. The number of hydrogen-bond acceptors (Lipinski definition) is 4. The van der Waals surface area contributed by atoms with Crippen LogP contribution in [0.3, 0.4) is 0 Å². The maximum atomic E-state index is 12.8. The Hall–Kier alpha value is -3.74. The quantitative estimate of drug-likeness (QED) is 0.528. The average molecular weight is 428 g/mol. The topological polar surface area (TPSA) is 83.9 Å². The van der Waals surface area contributed by atoms with Crippen molar-refractivity contribution in [2.24, 2.45) is 0 Å². The molecule has 0 atom stereocenters. The number of amides is 1. The molecule has 0 spiro atoms. The molecule has 7 nitrogen and oxygen atoms in total. The first-order chi connectivity index (χ1) is 15.7. The van der Waals surface area contributed by atoms with E-state index in [1.807, 2.05) is 71.8 Å². The summed E-state index contributed by atoms with van der Waals surface area (Å²) in [6, 6.07) is 19.5. The number of rotatable bonds is 5. The first kappa shape index (κ1) is 20.2. The van der Waals surface area contributed by atoms with Crippen LogP contribution < -0.4 is 5.69 Å². The summed E-state index contributed by atoms with van der Waals surface area (Å²) in [6.45, 7) is 1.79. The highest BCUT2D eigenvalue weighted by Crippen LogP contribution is 2.28. The predicted octanol–water partition coefficient (Wildman–Crippen LogP) is 3.58. The van der Waals surface area contributed by atoms with Crippen LogP contribution in [0.2, 0.25) is 0 Å². The zero-order chi connectivity index (χ0) is 21.9. The first-order valence-electron chi connectivity index (χ1n) is 11.0. The SMILES string of the molecule is O=C(CCn1c(=O)[nH]c2ccccc21)N1CCC(c2ccnc(-c3ccccc3)n2)CC1. The van der Waals surface area contributed by atoms with Crippen LogP contribution in [0.4, 0.5) is 0 Å². The van der Waals surface area contributed by atoms with Gasteiger partial charge in [0, 0.05) is 49.4 Å². The molecule has 0 bridgehead atoms. The number of fused-ring (bicyclic) bond motifs is 1. The van der Waals surface area contributed by atoms with E-state index in [1.54, 1.807) is 4.57 Å². The van der Waals surface area contributed by atoms with E-state index in [0.29, 0.717) is 32.0 Å². The number of H-pyrrole nitrogens is 1. The highest BCUT2D eigenvalue weighted by Gasteiger charge is 2.25. The number of aryl methyl sites for hydroxylation is 1. The van der Waals surface area contributed by atoms with Crippen molar-refractivity contribution in [1.82, 2.24) is 24.4 Å². The second-order valence-corrected chi connectivity index (χ2v) is 8.18. The van der Waals surface area contributed by atoms with Gasteiger partial charge in [-0.05, 0) is 31.0 Å². The normalized spacial score (nSPS) is 14.7. The third-order valence-corrected chi connectivity index (χ3v) is 6.21. The van der Waals surface area contributed by atoms with Crippen molar-refractivity contribution in [3.8, 4) is 11.4 Å². The van der Waals surface area contributed by atoms with E-state index in [9.17, 15) is 9.59 Å². The van der Waals surface area contributed by atoms with Crippen LogP contribution in [-0.4, -0.2) is 43.4 Å². The monoisotopic (exact) mass is 427 g/mol. The van der Waals surface area contributed by atoms with E-state index in [1.165, 1.54) is 0 Å². The molecule has 1 aliphatic heterocycles. The van der Waals surface area contributed by atoms with E-state index in [4.69, 9.17) is 4.98 Å². The zero-order valence-electron chi connectivity index (χ0n) is 17.8. The van der Waals surface area contributed by atoms with Gasteiger partial charge in [-0.25, -0.2) is 14.8 Å². The summed E-state index contributed by atoms with van der Waals surface area (Å²) in [5.41, 5.74) is 3.51. The van der Waals surface area contributed by atoms with Gasteiger partial charge in [0.1, 0.15) is 0 Å². The van der Waals surface area contributed by atoms with Gasteiger partial charge in [-0.3, -0.25) is 9.36 Å². The number of imidazole rings is 1. The fraction of sp³-hybridized carbons (Fsp3) is 0.280. The number of aromatic nitrogens is 4. The van der Waals surface area contributed by atoms with Crippen LogP contribution in [0.5, 0.6) is 0 Å². The molecule has 1 saturated heterocycles. The fourth-order valence-corrected chi connectivity index (χ4v) is 4.45.